The molecule has 24 heavy (non-hydrogen) atoms. The summed E-state index contributed by atoms with van der Waals surface area (Å²) < 4.78 is 5.16. The second kappa shape index (κ2) is 8.71. The van der Waals surface area contributed by atoms with Crippen LogP contribution in [0.15, 0.2) is 24.3 Å². The lowest BCUT2D eigenvalue weighted by Crippen LogP contribution is -2.51. The van der Waals surface area contributed by atoms with Gasteiger partial charge in [-0.15, -0.1) is 0 Å². The predicted octanol–water partition coefficient (Wildman–Crippen LogP) is 3.58. The summed E-state index contributed by atoms with van der Waals surface area (Å²) in [5.41, 5.74) is 0.333. The van der Waals surface area contributed by atoms with Crippen LogP contribution in [-0.2, 0) is 9.59 Å². The summed E-state index contributed by atoms with van der Waals surface area (Å²) in [6.07, 6.45) is 1.08. The van der Waals surface area contributed by atoms with Crippen LogP contribution in [0.1, 0.15) is 58.4 Å². The van der Waals surface area contributed by atoms with E-state index >= 15 is 0 Å². The molecular formula is C19H29NO4. The molecule has 134 valence electrons. The maximum absolute atomic E-state index is 12.5. The lowest BCUT2D eigenvalue weighted by molar-refractivity contribution is -0.139. The number of carboxylic acids is 1. The van der Waals surface area contributed by atoms with Gasteiger partial charge in [-0.3, -0.25) is 9.59 Å². The number of carbonyl (C=O) groups is 2. The Balaban J connectivity index is 2.80. The molecule has 1 aromatic carbocycles. The number of benzene rings is 1. The Kier molecular flexibility index (Phi) is 7.26. The fourth-order valence-electron chi connectivity index (χ4n) is 2.67. The first kappa shape index (κ1) is 20.0. The smallest absolute Gasteiger partial charge is 0.305 e. The summed E-state index contributed by atoms with van der Waals surface area (Å²) in [7, 11) is 1.62. The fraction of sp³-hybridized carbons (Fsp3) is 0.579. The third-order valence-electron chi connectivity index (χ3n) is 4.73. The first-order valence-corrected chi connectivity index (χ1v) is 8.38. The molecular weight excluding hydrogens is 306 g/mol. The van der Waals surface area contributed by atoms with Gasteiger partial charge in [0.05, 0.1) is 13.5 Å². The van der Waals surface area contributed by atoms with E-state index in [9.17, 15) is 9.59 Å². The van der Waals surface area contributed by atoms with Crippen molar-refractivity contribution in [2.75, 3.05) is 7.11 Å². The topological polar surface area (TPSA) is 75.6 Å². The molecule has 0 bridgehead atoms. The van der Waals surface area contributed by atoms with Crippen LogP contribution >= 0.6 is 0 Å². The van der Waals surface area contributed by atoms with E-state index in [-0.39, 0.29) is 24.2 Å². The van der Waals surface area contributed by atoms with Crippen LogP contribution in [0.25, 0.3) is 0 Å². The minimum absolute atomic E-state index is 0.0265. The number of nitrogens with one attached hydrogen (secondary N) is 1. The molecule has 5 heteroatoms. The average Bonchev–Trinajstić information content (AvgIpc) is 2.51. The zero-order chi connectivity index (χ0) is 18.3. The van der Waals surface area contributed by atoms with Gasteiger partial charge in [-0.2, -0.15) is 0 Å². The molecule has 1 rings (SSSR count). The lowest BCUT2D eigenvalue weighted by Gasteiger charge is -2.34. The van der Waals surface area contributed by atoms with Crippen LogP contribution in [0.2, 0.25) is 0 Å². The molecule has 5 nitrogen and oxygen atoms in total. The second-order valence-corrected chi connectivity index (χ2v) is 6.77. The van der Waals surface area contributed by atoms with Crippen molar-refractivity contribution in [2.24, 2.45) is 5.92 Å². The molecule has 2 atom stereocenters. The number of carboxylic acid groups (broad SMARTS) is 1. The number of aliphatic carboxylic acids is 1. The maximum Gasteiger partial charge on any atom is 0.305 e. The molecule has 0 saturated carbocycles. The van der Waals surface area contributed by atoms with E-state index in [1.54, 1.807) is 14.0 Å². The summed E-state index contributed by atoms with van der Waals surface area (Å²) in [4.78, 5) is 23.6. The van der Waals surface area contributed by atoms with Crippen molar-refractivity contribution < 1.29 is 19.4 Å². The number of rotatable bonds is 9. The Morgan fingerprint density at radius 3 is 2.25 bits per heavy atom. The number of carbonyl (C=O) groups excluding carboxylic acids is 1. The van der Waals surface area contributed by atoms with Gasteiger partial charge >= 0.3 is 5.97 Å². The molecule has 0 aromatic heterocycles. The summed E-state index contributed by atoms with van der Waals surface area (Å²) in [6, 6.07) is 7.72. The summed E-state index contributed by atoms with van der Waals surface area (Å²) >= 11 is 0. The SMILES string of the molecule is CCC(CC(=O)NC(C)(CC(=O)O)C(C)C)c1ccc(OC)cc1. The number of amides is 1. The number of ether oxygens (including phenoxy) is 1. The van der Waals surface area contributed by atoms with Gasteiger partial charge in [0.1, 0.15) is 5.75 Å². The first-order chi connectivity index (χ1) is 11.2. The second-order valence-electron chi connectivity index (χ2n) is 6.77. The molecule has 0 fully saturated rings. The van der Waals surface area contributed by atoms with Crippen LogP contribution < -0.4 is 10.1 Å². The molecule has 0 radical (unpaired) electrons. The summed E-state index contributed by atoms with van der Waals surface area (Å²) in [6.45, 7) is 7.67. The normalized spacial score (nSPS) is 14.8. The Morgan fingerprint density at radius 2 is 1.83 bits per heavy atom. The average molecular weight is 335 g/mol. The van der Waals surface area contributed by atoms with Crippen LogP contribution in [0, 0.1) is 5.92 Å². The van der Waals surface area contributed by atoms with Gasteiger partial charge in [-0.1, -0.05) is 32.9 Å². The van der Waals surface area contributed by atoms with Gasteiger partial charge < -0.3 is 15.2 Å². The molecule has 2 unspecified atom stereocenters. The monoisotopic (exact) mass is 335 g/mol. The quantitative estimate of drug-likeness (QED) is 0.723. The third kappa shape index (κ3) is 5.55. The zero-order valence-electron chi connectivity index (χ0n) is 15.3. The molecule has 0 aliphatic heterocycles. The maximum atomic E-state index is 12.5. The minimum atomic E-state index is -0.909. The highest BCUT2D eigenvalue weighted by atomic mass is 16.5. The molecule has 0 spiro atoms. The predicted molar refractivity (Wildman–Crippen MR) is 94.3 cm³/mol. The van der Waals surface area contributed by atoms with Crippen molar-refractivity contribution in [3.63, 3.8) is 0 Å². The van der Waals surface area contributed by atoms with Gasteiger partial charge in [0, 0.05) is 12.0 Å². The lowest BCUT2D eigenvalue weighted by atomic mass is 9.84. The van der Waals surface area contributed by atoms with Crippen LogP contribution in [0.5, 0.6) is 5.75 Å². The Hall–Kier alpha value is -2.04. The first-order valence-electron chi connectivity index (χ1n) is 8.38. The molecule has 0 aliphatic rings. The van der Waals surface area contributed by atoms with Crippen molar-refractivity contribution >= 4 is 11.9 Å². The highest BCUT2D eigenvalue weighted by Gasteiger charge is 2.33. The van der Waals surface area contributed by atoms with Crippen LogP contribution in [0.3, 0.4) is 0 Å². The van der Waals surface area contributed by atoms with E-state index in [1.807, 2.05) is 45.0 Å². The van der Waals surface area contributed by atoms with E-state index in [0.717, 1.165) is 17.7 Å². The summed E-state index contributed by atoms with van der Waals surface area (Å²) in [5, 5.41) is 12.0. The standard InChI is InChI=1S/C19H29NO4/c1-6-14(15-7-9-16(24-5)10-8-15)11-17(21)20-19(4,13(2)3)12-18(22)23/h7-10,13-14H,6,11-12H2,1-5H3,(H,20,21)(H,22,23). The Bertz CT molecular complexity index is 553. The van der Waals surface area contributed by atoms with E-state index < -0.39 is 11.5 Å². The van der Waals surface area contributed by atoms with Crippen LogP contribution in [-0.4, -0.2) is 29.6 Å². The van der Waals surface area contributed by atoms with E-state index in [4.69, 9.17) is 9.84 Å². The Labute approximate surface area is 144 Å². The molecule has 0 heterocycles. The Morgan fingerprint density at radius 1 is 1.25 bits per heavy atom. The number of hydrogen-bond acceptors (Lipinski definition) is 3. The third-order valence-corrected chi connectivity index (χ3v) is 4.73. The molecule has 1 amide bonds. The van der Waals surface area contributed by atoms with Gasteiger partial charge in [0.2, 0.25) is 5.91 Å². The summed E-state index contributed by atoms with van der Waals surface area (Å²) in [5.74, 6) is -0.119. The van der Waals surface area contributed by atoms with E-state index in [0.29, 0.717) is 6.42 Å². The van der Waals surface area contributed by atoms with Gasteiger partial charge in [0.25, 0.3) is 0 Å². The zero-order valence-corrected chi connectivity index (χ0v) is 15.3. The van der Waals surface area contributed by atoms with Crippen molar-refractivity contribution in [3.8, 4) is 5.75 Å². The largest absolute Gasteiger partial charge is 0.497 e. The molecule has 0 saturated heterocycles. The highest BCUT2D eigenvalue weighted by Crippen LogP contribution is 2.27. The van der Waals surface area contributed by atoms with Gasteiger partial charge in [-0.05, 0) is 42.9 Å². The number of hydrogen-bond donors (Lipinski definition) is 2. The fourth-order valence-corrected chi connectivity index (χ4v) is 2.67. The van der Waals surface area contributed by atoms with Gasteiger partial charge in [-0.25, -0.2) is 0 Å². The van der Waals surface area contributed by atoms with Crippen molar-refractivity contribution in [3.05, 3.63) is 29.8 Å². The van der Waals surface area contributed by atoms with E-state index in [1.165, 1.54) is 0 Å². The minimum Gasteiger partial charge on any atom is -0.497 e. The van der Waals surface area contributed by atoms with Crippen LogP contribution in [0.4, 0.5) is 0 Å². The van der Waals surface area contributed by atoms with Crippen molar-refractivity contribution in [1.82, 2.24) is 5.32 Å². The van der Waals surface area contributed by atoms with Crippen molar-refractivity contribution in [1.29, 1.82) is 0 Å². The van der Waals surface area contributed by atoms with Crippen molar-refractivity contribution in [2.45, 2.75) is 58.4 Å². The number of methoxy groups -OCH3 is 1. The van der Waals surface area contributed by atoms with Gasteiger partial charge in [0.15, 0.2) is 0 Å². The highest BCUT2D eigenvalue weighted by molar-refractivity contribution is 5.79. The van der Waals surface area contributed by atoms with E-state index in [2.05, 4.69) is 5.32 Å². The molecule has 0 aliphatic carbocycles. The molecule has 2 N–H and O–H groups in total. The molecule has 1 aromatic rings.